The number of fused-ring (bicyclic) bond motifs is 1. The van der Waals surface area contributed by atoms with Crippen LogP contribution in [0.5, 0.6) is 0 Å². The van der Waals surface area contributed by atoms with Crippen LogP contribution < -0.4 is 5.32 Å². The zero-order valence-corrected chi connectivity index (χ0v) is 18.4. The summed E-state index contributed by atoms with van der Waals surface area (Å²) >= 11 is 0. The van der Waals surface area contributed by atoms with Crippen molar-refractivity contribution in [2.45, 2.75) is 18.9 Å². The molecule has 1 aromatic heterocycles. The highest BCUT2D eigenvalue weighted by molar-refractivity contribution is 6.06. The first-order chi connectivity index (χ1) is 16.0. The van der Waals surface area contributed by atoms with Crippen LogP contribution in [0.3, 0.4) is 0 Å². The monoisotopic (exact) mass is 448 g/mol. The first-order valence-corrected chi connectivity index (χ1v) is 11.2. The number of rotatable bonds is 7. The average molecular weight is 449 g/mol. The number of para-hydroxylation sites is 1. The van der Waals surface area contributed by atoms with Crippen LogP contribution in [-0.2, 0) is 9.59 Å². The van der Waals surface area contributed by atoms with Crippen molar-refractivity contribution in [1.29, 1.82) is 0 Å². The van der Waals surface area contributed by atoms with Gasteiger partial charge >= 0.3 is 0 Å². The van der Waals surface area contributed by atoms with Crippen LogP contribution in [0, 0.1) is 0 Å². The van der Waals surface area contributed by atoms with E-state index in [1.54, 1.807) is 28.1 Å². The standard InChI is InChI=1S/C25H28N4O4/c30-22(18-6-2-1-3-7-18)17-27-23(31)10-11-24(32)28-12-14-29(15-13-28)25(33)20-16-26-21-9-5-4-8-19(20)21/h1-9,16,22,26,30H,10-15,17H2,(H,27,31). The zero-order valence-electron chi connectivity index (χ0n) is 18.4. The Bertz CT molecular complexity index is 1120. The van der Waals surface area contributed by atoms with Gasteiger partial charge in [0.15, 0.2) is 0 Å². The molecule has 0 bridgehead atoms. The number of aliphatic hydroxyl groups is 1. The summed E-state index contributed by atoms with van der Waals surface area (Å²) in [5.74, 6) is -0.421. The van der Waals surface area contributed by atoms with Crippen LogP contribution in [0.25, 0.3) is 10.9 Å². The Balaban J connectivity index is 1.20. The Morgan fingerprint density at radius 1 is 0.909 bits per heavy atom. The van der Waals surface area contributed by atoms with Gasteiger partial charge in [0.05, 0.1) is 11.7 Å². The molecule has 0 spiro atoms. The van der Waals surface area contributed by atoms with E-state index in [4.69, 9.17) is 0 Å². The summed E-state index contributed by atoms with van der Waals surface area (Å²) < 4.78 is 0. The Labute approximate surface area is 192 Å². The van der Waals surface area contributed by atoms with Gasteiger partial charge in [-0.3, -0.25) is 14.4 Å². The number of nitrogens with zero attached hydrogens (tertiary/aromatic N) is 2. The Kier molecular flexibility index (Phi) is 7.04. The molecule has 0 saturated carbocycles. The van der Waals surface area contributed by atoms with E-state index in [1.165, 1.54) is 0 Å². The third-order valence-electron chi connectivity index (χ3n) is 5.98. The lowest BCUT2D eigenvalue weighted by Gasteiger charge is -2.34. The zero-order chi connectivity index (χ0) is 23.2. The third-order valence-corrected chi connectivity index (χ3v) is 5.98. The first kappa shape index (κ1) is 22.5. The van der Waals surface area contributed by atoms with Crippen molar-refractivity contribution in [2.24, 2.45) is 0 Å². The fourth-order valence-corrected chi connectivity index (χ4v) is 4.05. The molecule has 2 aromatic carbocycles. The molecule has 2 heterocycles. The molecular formula is C25H28N4O4. The van der Waals surface area contributed by atoms with E-state index in [-0.39, 0.29) is 37.1 Å². The highest BCUT2D eigenvalue weighted by Gasteiger charge is 2.26. The third kappa shape index (κ3) is 5.40. The highest BCUT2D eigenvalue weighted by atomic mass is 16.3. The van der Waals surface area contributed by atoms with E-state index >= 15 is 0 Å². The number of H-pyrrole nitrogens is 1. The average Bonchev–Trinajstić information content (AvgIpc) is 3.30. The van der Waals surface area contributed by atoms with Gasteiger partial charge in [0.1, 0.15) is 0 Å². The van der Waals surface area contributed by atoms with Gasteiger partial charge in [-0.1, -0.05) is 48.5 Å². The highest BCUT2D eigenvalue weighted by Crippen LogP contribution is 2.20. The van der Waals surface area contributed by atoms with Crippen molar-refractivity contribution in [2.75, 3.05) is 32.7 Å². The molecule has 33 heavy (non-hydrogen) atoms. The second-order valence-electron chi connectivity index (χ2n) is 8.15. The molecule has 3 N–H and O–H groups in total. The van der Waals surface area contributed by atoms with E-state index in [0.29, 0.717) is 31.7 Å². The van der Waals surface area contributed by atoms with Crippen molar-refractivity contribution in [3.63, 3.8) is 0 Å². The number of aromatic nitrogens is 1. The van der Waals surface area contributed by atoms with Gasteiger partial charge in [-0.25, -0.2) is 0 Å². The lowest BCUT2D eigenvalue weighted by atomic mass is 10.1. The SMILES string of the molecule is O=C(CCC(=O)N1CCN(C(=O)c2c[nH]c3ccccc23)CC1)NCC(O)c1ccccc1. The fraction of sp³-hybridized carbons (Fsp3) is 0.320. The minimum absolute atomic E-state index is 0.0455. The second-order valence-corrected chi connectivity index (χ2v) is 8.15. The van der Waals surface area contributed by atoms with Crippen molar-refractivity contribution < 1.29 is 19.5 Å². The number of hydrogen-bond acceptors (Lipinski definition) is 4. The van der Waals surface area contributed by atoms with Crippen LogP contribution in [0.1, 0.15) is 34.9 Å². The van der Waals surface area contributed by atoms with Crippen molar-refractivity contribution >= 4 is 28.6 Å². The predicted octanol–water partition coefficient (Wildman–Crippen LogP) is 2.08. The van der Waals surface area contributed by atoms with Crippen LogP contribution in [0.15, 0.2) is 60.8 Å². The number of nitrogens with one attached hydrogen (secondary N) is 2. The molecule has 1 aliphatic heterocycles. The molecule has 1 atom stereocenters. The van der Waals surface area contributed by atoms with Gasteiger partial charge in [0.25, 0.3) is 5.91 Å². The fourth-order valence-electron chi connectivity index (χ4n) is 4.05. The van der Waals surface area contributed by atoms with Crippen molar-refractivity contribution in [3.05, 3.63) is 71.9 Å². The van der Waals surface area contributed by atoms with Gasteiger partial charge in [-0.2, -0.15) is 0 Å². The Morgan fingerprint density at radius 2 is 1.58 bits per heavy atom. The van der Waals surface area contributed by atoms with Gasteiger partial charge < -0.3 is 25.2 Å². The normalized spacial score (nSPS) is 14.8. The first-order valence-electron chi connectivity index (χ1n) is 11.2. The van der Waals surface area contributed by atoms with Gasteiger partial charge in [-0.05, 0) is 11.6 Å². The van der Waals surface area contributed by atoms with E-state index in [1.807, 2.05) is 42.5 Å². The Morgan fingerprint density at radius 3 is 2.33 bits per heavy atom. The maximum Gasteiger partial charge on any atom is 0.256 e. The van der Waals surface area contributed by atoms with E-state index < -0.39 is 6.10 Å². The molecule has 0 radical (unpaired) electrons. The largest absolute Gasteiger partial charge is 0.387 e. The molecule has 1 saturated heterocycles. The van der Waals surface area contributed by atoms with E-state index in [2.05, 4.69) is 10.3 Å². The number of amides is 3. The minimum Gasteiger partial charge on any atom is -0.387 e. The maximum absolute atomic E-state index is 12.9. The molecular weight excluding hydrogens is 420 g/mol. The number of carbonyl (C=O) groups is 3. The number of carbonyl (C=O) groups excluding carboxylic acids is 3. The number of aliphatic hydroxyl groups excluding tert-OH is 1. The van der Waals surface area contributed by atoms with Crippen LogP contribution in [0.4, 0.5) is 0 Å². The molecule has 8 nitrogen and oxygen atoms in total. The molecule has 1 aliphatic rings. The topological polar surface area (TPSA) is 106 Å². The summed E-state index contributed by atoms with van der Waals surface area (Å²) in [6.45, 7) is 1.91. The summed E-state index contributed by atoms with van der Waals surface area (Å²) in [5.41, 5.74) is 2.29. The summed E-state index contributed by atoms with van der Waals surface area (Å²) in [6.07, 6.45) is 1.12. The van der Waals surface area contributed by atoms with Gasteiger partial charge in [0, 0.05) is 62.7 Å². The smallest absolute Gasteiger partial charge is 0.256 e. The number of benzene rings is 2. The van der Waals surface area contributed by atoms with E-state index in [0.717, 1.165) is 16.5 Å². The number of hydrogen-bond donors (Lipinski definition) is 3. The second kappa shape index (κ2) is 10.3. The maximum atomic E-state index is 12.9. The lowest BCUT2D eigenvalue weighted by Crippen LogP contribution is -2.50. The van der Waals surface area contributed by atoms with Gasteiger partial charge in [0.2, 0.25) is 11.8 Å². The lowest BCUT2D eigenvalue weighted by molar-refractivity contribution is -0.134. The summed E-state index contributed by atoms with van der Waals surface area (Å²) in [6, 6.07) is 16.8. The van der Waals surface area contributed by atoms with E-state index in [9.17, 15) is 19.5 Å². The number of piperazine rings is 1. The van der Waals surface area contributed by atoms with Crippen LogP contribution in [0.2, 0.25) is 0 Å². The van der Waals surface area contributed by atoms with Crippen LogP contribution >= 0.6 is 0 Å². The van der Waals surface area contributed by atoms with Crippen LogP contribution in [-0.4, -0.2) is 70.3 Å². The molecule has 172 valence electrons. The summed E-state index contributed by atoms with van der Waals surface area (Å²) in [7, 11) is 0. The molecule has 3 amide bonds. The molecule has 4 rings (SSSR count). The molecule has 8 heteroatoms. The Hall–Kier alpha value is -3.65. The quantitative estimate of drug-likeness (QED) is 0.515. The molecule has 3 aromatic rings. The molecule has 1 unspecified atom stereocenters. The minimum atomic E-state index is -0.784. The van der Waals surface area contributed by atoms with Crippen molar-refractivity contribution in [1.82, 2.24) is 20.1 Å². The molecule has 1 fully saturated rings. The van der Waals surface area contributed by atoms with Gasteiger partial charge in [-0.15, -0.1) is 0 Å². The summed E-state index contributed by atoms with van der Waals surface area (Å²) in [5, 5.41) is 13.7. The van der Waals surface area contributed by atoms with Crippen molar-refractivity contribution in [3.8, 4) is 0 Å². The molecule has 0 aliphatic carbocycles. The summed E-state index contributed by atoms with van der Waals surface area (Å²) in [4.78, 5) is 44.1. The predicted molar refractivity (Wildman–Crippen MR) is 124 cm³/mol. The number of aromatic amines is 1.